The van der Waals surface area contributed by atoms with E-state index in [2.05, 4.69) is 0 Å². The Morgan fingerprint density at radius 3 is 2.89 bits per heavy atom. The molecule has 1 atom stereocenters. The van der Waals surface area contributed by atoms with Gasteiger partial charge in [0.25, 0.3) is 0 Å². The van der Waals surface area contributed by atoms with Gasteiger partial charge in [-0.15, -0.1) is 0 Å². The standard InChI is InChI=1S/C15H15ClFNO/c1-9-7-11-13(3-2-4-15(11)19)18(9)14-6-5-10(17)8-12(14)16/h5-8,15,19H,2-4H2,1H3. The minimum Gasteiger partial charge on any atom is -0.388 e. The van der Waals surface area contributed by atoms with Gasteiger partial charge in [-0.25, -0.2) is 4.39 Å². The number of fused-ring (bicyclic) bond motifs is 1. The maximum absolute atomic E-state index is 13.2. The summed E-state index contributed by atoms with van der Waals surface area (Å²) < 4.78 is 15.2. The number of hydrogen-bond acceptors (Lipinski definition) is 1. The Balaban J connectivity index is 2.20. The Bertz CT molecular complexity index is 635. The van der Waals surface area contributed by atoms with Crippen molar-refractivity contribution in [1.29, 1.82) is 0 Å². The lowest BCUT2D eigenvalue weighted by Crippen LogP contribution is -2.11. The second kappa shape index (κ2) is 4.66. The molecule has 0 bridgehead atoms. The topological polar surface area (TPSA) is 25.2 Å². The van der Waals surface area contributed by atoms with Crippen molar-refractivity contribution < 1.29 is 9.50 Å². The van der Waals surface area contributed by atoms with Crippen LogP contribution in [0.25, 0.3) is 5.69 Å². The lowest BCUT2D eigenvalue weighted by molar-refractivity contribution is 0.156. The van der Waals surface area contributed by atoms with Crippen molar-refractivity contribution in [3.05, 3.63) is 52.1 Å². The van der Waals surface area contributed by atoms with E-state index in [1.54, 1.807) is 6.07 Å². The Kier molecular flexibility index (Phi) is 3.11. The van der Waals surface area contributed by atoms with E-state index in [4.69, 9.17) is 11.6 Å². The summed E-state index contributed by atoms with van der Waals surface area (Å²) in [5, 5.41) is 10.4. The minimum atomic E-state index is -0.400. The van der Waals surface area contributed by atoms with Gasteiger partial charge in [-0.1, -0.05) is 11.6 Å². The van der Waals surface area contributed by atoms with Gasteiger partial charge in [0, 0.05) is 17.0 Å². The molecular formula is C15H15ClFNO. The van der Waals surface area contributed by atoms with E-state index in [-0.39, 0.29) is 5.82 Å². The number of hydrogen-bond donors (Lipinski definition) is 1. The molecule has 1 unspecified atom stereocenters. The summed E-state index contributed by atoms with van der Waals surface area (Å²) in [6.45, 7) is 1.98. The van der Waals surface area contributed by atoms with E-state index in [9.17, 15) is 9.50 Å². The monoisotopic (exact) mass is 279 g/mol. The predicted octanol–water partition coefficient (Wildman–Crippen LogP) is 3.95. The molecule has 0 fully saturated rings. The number of aryl methyl sites for hydroxylation is 1. The van der Waals surface area contributed by atoms with Crippen LogP contribution in [0.15, 0.2) is 24.3 Å². The molecule has 3 rings (SSSR count). The Hall–Kier alpha value is -1.32. The molecule has 4 heteroatoms. The van der Waals surface area contributed by atoms with Crippen molar-refractivity contribution >= 4 is 11.6 Å². The smallest absolute Gasteiger partial charge is 0.124 e. The van der Waals surface area contributed by atoms with Crippen LogP contribution in [-0.2, 0) is 6.42 Å². The van der Waals surface area contributed by atoms with Crippen LogP contribution in [0.4, 0.5) is 4.39 Å². The molecule has 100 valence electrons. The molecule has 0 spiro atoms. The highest BCUT2D eigenvalue weighted by Crippen LogP contribution is 2.35. The van der Waals surface area contributed by atoms with Gasteiger partial charge in [0.05, 0.1) is 16.8 Å². The fourth-order valence-corrected chi connectivity index (χ4v) is 3.13. The van der Waals surface area contributed by atoms with Crippen LogP contribution < -0.4 is 0 Å². The van der Waals surface area contributed by atoms with Crippen molar-refractivity contribution in [1.82, 2.24) is 4.57 Å². The summed E-state index contributed by atoms with van der Waals surface area (Å²) >= 11 is 6.15. The molecule has 0 aliphatic heterocycles. The molecule has 0 radical (unpaired) electrons. The van der Waals surface area contributed by atoms with E-state index >= 15 is 0 Å². The van der Waals surface area contributed by atoms with Gasteiger partial charge in [-0.05, 0) is 50.5 Å². The third kappa shape index (κ3) is 2.07. The van der Waals surface area contributed by atoms with Crippen LogP contribution >= 0.6 is 11.6 Å². The molecule has 0 saturated carbocycles. The predicted molar refractivity (Wildman–Crippen MR) is 73.4 cm³/mol. The van der Waals surface area contributed by atoms with Crippen molar-refractivity contribution in [3.63, 3.8) is 0 Å². The van der Waals surface area contributed by atoms with Gasteiger partial charge in [0.1, 0.15) is 5.82 Å². The zero-order valence-corrected chi connectivity index (χ0v) is 11.4. The van der Waals surface area contributed by atoms with Crippen molar-refractivity contribution in [2.75, 3.05) is 0 Å². The van der Waals surface area contributed by atoms with Crippen molar-refractivity contribution in [2.24, 2.45) is 0 Å². The number of aliphatic hydroxyl groups excluding tert-OH is 1. The first kappa shape index (κ1) is 12.7. The summed E-state index contributed by atoms with van der Waals surface area (Å²) in [4.78, 5) is 0. The Labute approximate surface area is 116 Å². The van der Waals surface area contributed by atoms with Gasteiger partial charge in [0.2, 0.25) is 0 Å². The van der Waals surface area contributed by atoms with Crippen LogP contribution in [0.3, 0.4) is 0 Å². The summed E-state index contributed by atoms with van der Waals surface area (Å²) in [7, 11) is 0. The number of halogens is 2. The highest BCUT2D eigenvalue weighted by atomic mass is 35.5. The van der Waals surface area contributed by atoms with E-state index < -0.39 is 6.10 Å². The number of rotatable bonds is 1. The third-order valence-electron chi connectivity index (χ3n) is 3.72. The van der Waals surface area contributed by atoms with Gasteiger partial charge >= 0.3 is 0 Å². The highest BCUT2D eigenvalue weighted by Gasteiger charge is 2.24. The van der Waals surface area contributed by atoms with Crippen molar-refractivity contribution in [2.45, 2.75) is 32.3 Å². The van der Waals surface area contributed by atoms with Crippen LogP contribution in [-0.4, -0.2) is 9.67 Å². The number of nitrogens with zero attached hydrogens (tertiary/aromatic N) is 1. The molecule has 1 N–H and O–H groups in total. The minimum absolute atomic E-state index is 0.340. The second-order valence-corrected chi connectivity index (χ2v) is 5.43. The molecule has 2 nitrogen and oxygen atoms in total. The SMILES string of the molecule is Cc1cc2c(n1-c1ccc(F)cc1Cl)CCCC2O. The average Bonchev–Trinajstić information content (AvgIpc) is 2.68. The van der Waals surface area contributed by atoms with Gasteiger partial charge in [-0.2, -0.15) is 0 Å². The quantitative estimate of drug-likeness (QED) is 0.840. The zero-order valence-electron chi connectivity index (χ0n) is 10.7. The van der Waals surface area contributed by atoms with Gasteiger partial charge < -0.3 is 9.67 Å². The zero-order chi connectivity index (χ0) is 13.6. The molecule has 0 amide bonds. The molecule has 1 aromatic heterocycles. The first-order chi connectivity index (χ1) is 9.08. The molecular weight excluding hydrogens is 265 g/mol. The lowest BCUT2D eigenvalue weighted by Gasteiger charge is -2.21. The highest BCUT2D eigenvalue weighted by molar-refractivity contribution is 6.32. The number of aromatic nitrogens is 1. The van der Waals surface area contributed by atoms with Crippen LogP contribution in [0.2, 0.25) is 5.02 Å². The van der Waals surface area contributed by atoms with Crippen LogP contribution in [0, 0.1) is 12.7 Å². The Morgan fingerprint density at radius 2 is 2.16 bits per heavy atom. The van der Waals surface area contributed by atoms with E-state index in [0.717, 1.165) is 41.9 Å². The molecule has 1 aromatic carbocycles. The molecule has 2 aromatic rings. The second-order valence-electron chi connectivity index (χ2n) is 5.03. The Morgan fingerprint density at radius 1 is 1.37 bits per heavy atom. The summed E-state index contributed by atoms with van der Waals surface area (Å²) in [6, 6.07) is 6.42. The molecule has 19 heavy (non-hydrogen) atoms. The number of aliphatic hydroxyl groups is 1. The molecule has 1 aliphatic rings. The fourth-order valence-electron chi connectivity index (χ4n) is 2.88. The number of benzene rings is 1. The normalized spacial score (nSPS) is 18.4. The van der Waals surface area contributed by atoms with Crippen LogP contribution in [0.1, 0.15) is 35.9 Å². The molecule has 1 aliphatic carbocycles. The average molecular weight is 280 g/mol. The first-order valence-electron chi connectivity index (χ1n) is 6.42. The summed E-state index contributed by atoms with van der Waals surface area (Å²) in [5.74, 6) is -0.340. The summed E-state index contributed by atoms with van der Waals surface area (Å²) in [6.07, 6.45) is 2.26. The van der Waals surface area contributed by atoms with Crippen molar-refractivity contribution in [3.8, 4) is 5.69 Å². The summed E-state index contributed by atoms with van der Waals surface area (Å²) in [5.41, 5.74) is 3.85. The lowest BCUT2D eigenvalue weighted by atomic mass is 9.95. The van der Waals surface area contributed by atoms with Gasteiger partial charge in [0.15, 0.2) is 0 Å². The van der Waals surface area contributed by atoms with E-state index in [1.165, 1.54) is 12.1 Å². The largest absolute Gasteiger partial charge is 0.388 e. The fraction of sp³-hybridized carbons (Fsp3) is 0.333. The maximum Gasteiger partial charge on any atom is 0.124 e. The maximum atomic E-state index is 13.2. The van der Waals surface area contributed by atoms with E-state index in [0.29, 0.717) is 5.02 Å². The molecule has 0 saturated heterocycles. The van der Waals surface area contributed by atoms with Crippen LogP contribution in [0.5, 0.6) is 0 Å². The van der Waals surface area contributed by atoms with Gasteiger partial charge in [-0.3, -0.25) is 0 Å². The first-order valence-corrected chi connectivity index (χ1v) is 6.80. The third-order valence-corrected chi connectivity index (χ3v) is 4.02. The van der Waals surface area contributed by atoms with E-state index in [1.807, 2.05) is 17.6 Å². The molecule has 1 heterocycles.